The van der Waals surface area contributed by atoms with Crippen molar-refractivity contribution < 1.29 is 12.6 Å². The fraction of sp³-hybridized carbons (Fsp3) is 0.0909. The second kappa shape index (κ2) is 4.16. The van der Waals surface area contributed by atoms with E-state index in [1.54, 1.807) is 12.1 Å². The molecule has 0 fully saturated rings. The standard InChI is InChI=1S/C11H9BrO3S/c1-15-16(13,14)11-5-3-8-6-10(12)4-2-9(8)7-11/h2-7H,1H3. The van der Waals surface area contributed by atoms with E-state index in [2.05, 4.69) is 20.1 Å². The zero-order valence-corrected chi connectivity index (χ0v) is 10.9. The van der Waals surface area contributed by atoms with E-state index in [0.717, 1.165) is 22.4 Å². The minimum Gasteiger partial charge on any atom is -0.270 e. The Hall–Kier alpha value is -0.910. The highest BCUT2D eigenvalue weighted by molar-refractivity contribution is 9.10. The number of rotatable bonds is 2. The van der Waals surface area contributed by atoms with Crippen LogP contribution < -0.4 is 0 Å². The van der Waals surface area contributed by atoms with Crippen LogP contribution in [0, 0.1) is 0 Å². The Kier molecular flexibility index (Phi) is 3.01. The van der Waals surface area contributed by atoms with E-state index < -0.39 is 10.1 Å². The maximum absolute atomic E-state index is 11.5. The zero-order chi connectivity index (χ0) is 11.8. The highest BCUT2D eigenvalue weighted by Gasteiger charge is 2.12. The van der Waals surface area contributed by atoms with E-state index in [9.17, 15) is 8.42 Å². The lowest BCUT2D eigenvalue weighted by atomic mass is 10.1. The molecule has 0 N–H and O–H groups in total. The van der Waals surface area contributed by atoms with Gasteiger partial charge in [-0.15, -0.1) is 0 Å². The molecule has 0 bridgehead atoms. The molecule has 5 heteroatoms. The van der Waals surface area contributed by atoms with E-state index in [0.29, 0.717) is 0 Å². The fourth-order valence-electron chi connectivity index (χ4n) is 1.45. The Morgan fingerprint density at radius 3 is 2.38 bits per heavy atom. The molecule has 0 aromatic heterocycles. The molecule has 0 amide bonds. The average Bonchev–Trinajstić information content (AvgIpc) is 2.28. The van der Waals surface area contributed by atoms with Crippen LogP contribution in [0.5, 0.6) is 0 Å². The minimum absolute atomic E-state index is 0.171. The summed E-state index contributed by atoms with van der Waals surface area (Å²) in [5, 5.41) is 1.84. The van der Waals surface area contributed by atoms with Crippen molar-refractivity contribution in [2.45, 2.75) is 4.90 Å². The molecule has 2 rings (SSSR count). The van der Waals surface area contributed by atoms with Crippen LogP contribution in [0.1, 0.15) is 0 Å². The fourth-order valence-corrected chi connectivity index (χ4v) is 2.52. The predicted octanol–water partition coefficient (Wildman–Crippen LogP) is 2.94. The minimum atomic E-state index is -3.61. The van der Waals surface area contributed by atoms with E-state index in [1.807, 2.05) is 18.2 Å². The van der Waals surface area contributed by atoms with Gasteiger partial charge in [0, 0.05) is 4.47 Å². The van der Waals surface area contributed by atoms with Gasteiger partial charge in [0.25, 0.3) is 10.1 Å². The van der Waals surface area contributed by atoms with E-state index in [4.69, 9.17) is 0 Å². The lowest BCUT2D eigenvalue weighted by molar-refractivity contribution is 0.398. The summed E-state index contributed by atoms with van der Waals surface area (Å²) in [6, 6.07) is 10.5. The molecule has 2 aromatic carbocycles. The summed E-state index contributed by atoms with van der Waals surface area (Å²) in [4.78, 5) is 0.171. The molecule has 0 aliphatic heterocycles. The van der Waals surface area contributed by atoms with Crippen LogP contribution in [0.2, 0.25) is 0 Å². The number of halogens is 1. The van der Waals surface area contributed by atoms with Crippen LogP contribution >= 0.6 is 15.9 Å². The van der Waals surface area contributed by atoms with E-state index in [-0.39, 0.29) is 4.90 Å². The summed E-state index contributed by atoms with van der Waals surface area (Å²) in [5.41, 5.74) is 0. The number of hydrogen-bond donors (Lipinski definition) is 0. The third-order valence-corrected chi connectivity index (χ3v) is 4.05. The van der Waals surface area contributed by atoms with Gasteiger partial charge in [0.05, 0.1) is 12.0 Å². The predicted molar refractivity (Wildman–Crippen MR) is 65.8 cm³/mol. The summed E-state index contributed by atoms with van der Waals surface area (Å²) >= 11 is 3.36. The van der Waals surface area contributed by atoms with Crippen LogP contribution in [0.3, 0.4) is 0 Å². The highest BCUT2D eigenvalue weighted by Crippen LogP contribution is 2.23. The van der Waals surface area contributed by atoms with Crippen molar-refractivity contribution in [2.24, 2.45) is 0 Å². The third kappa shape index (κ3) is 2.11. The van der Waals surface area contributed by atoms with Gasteiger partial charge in [0.1, 0.15) is 0 Å². The Labute approximate surface area is 102 Å². The number of fused-ring (bicyclic) bond motifs is 1. The Balaban J connectivity index is 2.66. The first kappa shape index (κ1) is 11.6. The topological polar surface area (TPSA) is 43.4 Å². The third-order valence-electron chi connectivity index (χ3n) is 2.28. The molecule has 0 heterocycles. The molecule has 2 aromatic rings. The highest BCUT2D eigenvalue weighted by atomic mass is 79.9. The molecular formula is C11H9BrO3S. The van der Waals surface area contributed by atoms with Crippen LogP contribution in [-0.4, -0.2) is 15.5 Å². The van der Waals surface area contributed by atoms with Crippen LogP contribution in [0.15, 0.2) is 45.8 Å². The lowest BCUT2D eigenvalue weighted by Crippen LogP contribution is -2.02. The molecule has 0 spiro atoms. The van der Waals surface area contributed by atoms with Crippen molar-refractivity contribution in [1.82, 2.24) is 0 Å². The first-order valence-electron chi connectivity index (χ1n) is 4.53. The van der Waals surface area contributed by atoms with Crippen LogP contribution in [-0.2, 0) is 14.3 Å². The number of hydrogen-bond acceptors (Lipinski definition) is 3. The SMILES string of the molecule is COS(=O)(=O)c1ccc2cc(Br)ccc2c1. The van der Waals surface area contributed by atoms with E-state index >= 15 is 0 Å². The summed E-state index contributed by atoms with van der Waals surface area (Å²) in [6.07, 6.45) is 0. The molecule has 0 radical (unpaired) electrons. The molecule has 0 aliphatic rings. The monoisotopic (exact) mass is 300 g/mol. The van der Waals surface area contributed by atoms with Gasteiger partial charge in [-0.05, 0) is 35.0 Å². The summed E-state index contributed by atoms with van der Waals surface area (Å²) in [5.74, 6) is 0. The lowest BCUT2D eigenvalue weighted by Gasteiger charge is -2.03. The van der Waals surface area contributed by atoms with Gasteiger partial charge in [-0.2, -0.15) is 8.42 Å². The van der Waals surface area contributed by atoms with Crippen molar-refractivity contribution in [1.29, 1.82) is 0 Å². The first-order chi connectivity index (χ1) is 7.53. The van der Waals surface area contributed by atoms with Gasteiger partial charge >= 0.3 is 0 Å². The molecule has 0 atom stereocenters. The van der Waals surface area contributed by atoms with Gasteiger partial charge < -0.3 is 0 Å². The summed E-state index contributed by atoms with van der Waals surface area (Å²) in [7, 11) is -2.46. The largest absolute Gasteiger partial charge is 0.296 e. The van der Waals surface area contributed by atoms with Crippen molar-refractivity contribution >= 4 is 36.8 Å². The Morgan fingerprint density at radius 1 is 1.06 bits per heavy atom. The Bertz CT molecular complexity index is 635. The zero-order valence-electron chi connectivity index (χ0n) is 8.48. The quantitative estimate of drug-likeness (QED) is 0.801. The van der Waals surface area contributed by atoms with Crippen molar-refractivity contribution in [2.75, 3.05) is 7.11 Å². The summed E-state index contributed by atoms with van der Waals surface area (Å²) in [6.45, 7) is 0. The van der Waals surface area contributed by atoms with Crippen LogP contribution in [0.4, 0.5) is 0 Å². The molecular weight excluding hydrogens is 292 g/mol. The van der Waals surface area contributed by atoms with Crippen molar-refractivity contribution in [3.63, 3.8) is 0 Å². The van der Waals surface area contributed by atoms with Gasteiger partial charge in [-0.3, -0.25) is 4.18 Å². The normalized spacial score (nSPS) is 11.9. The molecule has 84 valence electrons. The average molecular weight is 301 g/mol. The van der Waals surface area contributed by atoms with E-state index in [1.165, 1.54) is 6.07 Å². The van der Waals surface area contributed by atoms with Gasteiger partial charge in [0.2, 0.25) is 0 Å². The smallest absolute Gasteiger partial charge is 0.270 e. The maximum atomic E-state index is 11.5. The van der Waals surface area contributed by atoms with Crippen molar-refractivity contribution in [3.05, 3.63) is 40.9 Å². The second-order valence-electron chi connectivity index (χ2n) is 3.27. The van der Waals surface area contributed by atoms with Gasteiger partial charge in [-0.25, -0.2) is 0 Å². The number of benzene rings is 2. The Morgan fingerprint density at radius 2 is 1.69 bits per heavy atom. The molecule has 16 heavy (non-hydrogen) atoms. The first-order valence-corrected chi connectivity index (χ1v) is 6.73. The van der Waals surface area contributed by atoms with Gasteiger partial charge in [-0.1, -0.05) is 28.1 Å². The second-order valence-corrected chi connectivity index (χ2v) is 5.90. The van der Waals surface area contributed by atoms with Gasteiger partial charge in [0.15, 0.2) is 0 Å². The molecule has 0 saturated heterocycles. The summed E-state index contributed by atoms with van der Waals surface area (Å²) < 4.78 is 28.4. The maximum Gasteiger partial charge on any atom is 0.296 e. The molecule has 0 aliphatic carbocycles. The molecule has 0 saturated carbocycles. The molecule has 0 unspecified atom stereocenters. The van der Waals surface area contributed by atoms with Crippen molar-refractivity contribution in [3.8, 4) is 0 Å². The molecule has 3 nitrogen and oxygen atoms in total. The van der Waals surface area contributed by atoms with Crippen LogP contribution in [0.25, 0.3) is 10.8 Å².